The third-order valence-corrected chi connectivity index (χ3v) is 15.1. The van der Waals surface area contributed by atoms with Crippen LogP contribution >= 0.6 is 0 Å². The number of carboxylic acid groups (broad SMARTS) is 2. The molecule has 6 aromatic carbocycles. The first kappa shape index (κ1) is 55.3. The third-order valence-electron chi connectivity index (χ3n) is 15.1. The van der Waals surface area contributed by atoms with Gasteiger partial charge in [-0.05, 0) is 74.2 Å². The first-order chi connectivity index (χ1) is 37.8. The molecule has 2 aromatic heterocycles. The van der Waals surface area contributed by atoms with E-state index in [4.69, 9.17) is 14.2 Å². The van der Waals surface area contributed by atoms with Crippen LogP contribution in [0.2, 0.25) is 0 Å². The van der Waals surface area contributed by atoms with Crippen LogP contribution in [0.15, 0.2) is 118 Å². The smallest absolute Gasteiger partial charge is 0.335 e. The summed E-state index contributed by atoms with van der Waals surface area (Å²) in [6.07, 6.45) is 4.39. The molecule has 0 saturated carbocycles. The number of Topliss-reactive ketones (excluding diaryl/α,β-unsaturated/α-hetero) is 2. The minimum atomic E-state index is -1.14. The summed E-state index contributed by atoms with van der Waals surface area (Å²) >= 11 is 0. The highest BCUT2D eigenvalue weighted by Crippen LogP contribution is 2.49. The minimum Gasteiger partial charge on any atom is -0.480 e. The van der Waals surface area contributed by atoms with Crippen molar-refractivity contribution in [3.63, 3.8) is 0 Å². The molecule has 4 aliphatic rings. The second-order valence-electron chi connectivity index (χ2n) is 19.9. The van der Waals surface area contributed by atoms with Crippen molar-refractivity contribution in [1.29, 1.82) is 0 Å². The predicted octanol–water partition coefficient (Wildman–Crippen LogP) is 11.7. The number of ketones is 4. The molecule has 0 radical (unpaired) electrons. The standard InChI is InChI=1S/C31H28N4O6.C29H25N3O5.2CH4/c1-2-24(36)18-8-6-12-35(16-18)23-14-22(33-19-9-5-7-17(13-19)31(40)32-15-25(37)38)26-27-28(23)34-41-30(27)21-11-4-3-10-20(21)29(26)39;1-2-23(33)17-8-6-12-32(15-17)22-14-21(30-18-9-5-7-16(13-18)29(35)36)24-25-26(22)31-37-28(25)20-11-4-3-10-19(20)27(24)34;;/h3-5,7,9-11,13-14,18,33H,2,6,8,12,15-16H2,1H3,(H,32,40)(H,37,38);3-5,7,9-11,13-14,17,30H,2,6,8,12,15H2,1H3,(H,35,36);2*1H4/t18-;17-;;/m00../s1. The Morgan fingerprint density at radius 3 is 1.46 bits per heavy atom. The van der Waals surface area contributed by atoms with E-state index in [-0.39, 0.29) is 60.9 Å². The molecule has 2 saturated heterocycles. The van der Waals surface area contributed by atoms with Gasteiger partial charge in [0.25, 0.3) is 5.91 Å². The van der Waals surface area contributed by atoms with Gasteiger partial charge in [0.1, 0.15) is 29.1 Å². The number of rotatable bonds is 14. The second kappa shape index (κ2) is 22.9. The van der Waals surface area contributed by atoms with Crippen molar-refractivity contribution in [2.45, 2.75) is 67.2 Å². The van der Waals surface area contributed by atoms with Gasteiger partial charge in [0, 0.05) is 90.0 Å². The Morgan fingerprint density at radius 1 is 0.588 bits per heavy atom. The van der Waals surface area contributed by atoms with Crippen LogP contribution in [0, 0.1) is 11.8 Å². The number of carbonyl (C=O) groups is 7. The Kier molecular flexibility index (Phi) is 15.8. The third kappa shape index (κ3) is 10.1. The SMILES string of the molecule is C.C.CCC(=O)[C@H]1CCCN(c2cc(Nc3cccc(C(=O)NCC(=O)O)c3)c3c4c(onc24)-c2ccccc2C3=O)C1.CCC(=O)[C@H]1CCCN(c2cc(Nc3cccc(C(=O)O)c3)c3c4c(onc24)-c2ccccc2C3=O)C1. The number of aromatic nitrogens is 2. The molecule has 1 amide bonds. The number of carboxylic acids is 2. The van der Waals surface area contributed by atoms with Crippen molar-refractivity contribution in [2.24, 2.45) is 11.8 Å². The highest BCUT2D eigenvalue weighted by molar-refractivity contribution is 6.30. The summed E-state index contributed by atoms with van der Waals surface area (Å²) in [5.41, 5.74) is 8.48. The van der Waals surface area contributed by atoms with Crippen LogP contribution in [0.4, 0.5) is 34.1 Å². The van der Waals surface area contributed by atoms with Crippen LogP contribution in [0.1, 0.15) is 120 Å². The van der Waals surface area contributed by atoms with Crippen LogP contribution in [-0.4, -0.2) is 94.2 Å². The van der Waals surface area contributed by atoms with E-state index in [9.17, 15) is 38.7 Å². The van der Waals surface area contributed by atoms with E-state index in [0.29, 0.717) is 115 Å². The lowest BCUT2D eigenvalue weighted by Gasteiger charge is -2.34. The Labute approximate surface area is 461 Å². The first-order valence-corrected chi connectivity index (χ1v) is 26.0. The van der Waals surface area contributed by atoms with Gasteiger partial charge in [-0.3, -0.25) is 28.8 Å². The number of carbonyl (C=O) groups excluding carboxylic acids is 5. The molecule has 410 valence electrons. The van der Waals surface area contributed by atoms with Crippen LogP contribution in [0.3, 0.4) is 0 Å². The average Bonchev–Trinajstić information content (AvgIpc) is 4.19. The van der Waals surface area contributed by atoms with Gasteiger partial charge in [0.15, 0.2) is 23.1 Å². The number of nitrogens with one attached hydrogen (secondary N) is 3. The van der Waals surface area contributed by atoms with Crippen molar-refractivity contribution in [3.8, 4) is 22.6 Å². The number of amides is 1. The molecule has 8 aromatic rings. The van der Waals surface area contributed by atoms with Crippen LogP contribution in [0.5, 0.6) is 0 Å². The van der Waals surface area contributed by atoms with Crippen molar-refractivity contribution >= 4 is 96.9 Å². The maximum atomic E-state index is 13.9. The Hall–Kier alpha value is -9.45. The van der Waals surface area contributed by atoms with Gasteiger partial charge in [-0.2, -0.15) is 0 Å². The number of aliphatic carboxylic acids is 1. The molecule has 80 heavy (non-hydrogen) atoms. The molecule has 12 rings (SSSR count). The van der Waals surface area contributed by atoms with E-state index >= 15 is 0 Å². The van der Waals surface area contributed by atoms with Crippen molar-refractivity contribution in [3.05, 3.63) is 143 Å². The molecule has 2 atom stereocenters. The molecular weight excluding hydrogens is 1020 g/mol. The number of anilines is 6. The summed E-state index contributed by atoms with van der Waals surface area (Å²) in [5.74, 6) is -1.67. The highest BCUT2D eigenvalue weighted by Gasteiger charge is 2.37. The van der Waals surface area contributed by atoms with E-state index in [2.05, 4.69) is 36.1 Å². The van der Waals surface area contributed by atoms with Crippen LogP contribution in [-0.2, 0) is 14.4 Å². The van der Waals surface area contributed by atoms with Gasteiger partial charge in [0.05, 0.1) is 50.2 Å². The summed E-state index contributed by atoms with van der Waals surface area (Å²) in [6, 6.07) is 31.4. The fraction of sp³-hybridized carbons (Fsp3) is 0.274. The van der Waals surface area contributed by atoms with Crippen molar-refractivity contribution in [2.75, 3.05) is 53.2 Å². The van der Waals surface area contributed by atoms with E-state index in [1.807, 2.05) is 56.3 Å². The molecule has 18 heteroatoms. The molecule has 0 unspecified atom stereocenters. The summed E-state index contributed by atoms with van der Waals surface area (Å²) in [5, 5.41) is 37.4. The minimum absolute atomic E-state index is 0. The second-order valence-corrected chi connectivity index (χ2v) is 19.9. The molecule has 2 aliphatic heterocycles. The lowest BCUT2D eigenvalue weighted by molar-refractivity contribution is -0.135. The molecule has 0 bridgehead atoms. The average molecular weight is 1080 g/mol. The topological polar surface area (TPSA) is 255 Å². The number of hydrogen-bond acceptors (Lipinski definition) is 15. The normalized spacial score (nSPS) is 15.8. The van der Waals surface area contributed by atoms with E-state index in [1.165, 1.54) is 12.1 Å². The van der Waals surface area contributed by atoms with E-state index in [0.717, 1.165) is 50.1 Å². The molecule has 2 fully saturated rings. The number of benzene rings is 6. The van der Waals surface area contributed by atoms with Crippen LogP contribution in [0.25, 0.3) is 44.5 Å². The molecule has 18 nitrogen and oxygen atoms in total. The van der Waals surface area contributed by atoms with Gasteiger partial charge in [-0.25, -0.2) is 4.79 Å². The zero-order valence-corrected chi connectivity index (χ0v) is 42.7. The fourth-order valence-corrected chi connectivity index (χ4v) is 11.3. The van der Waals surface area contributed by atoms with Crippen molar-refractivity contribution in [1.82, 2.24) is 15.6 Å². The molecule has 4 heterocycles. The van der Waals surface area contributed by atoms with Gasteiger partial charge in [0.2, 0.25) is 0 Å². The molecule has 0 spiro atoms. The summed E-state index contributed by atoms with van der Waals surface area (Å²) < 4.78 is 11.7. The molecular formula is C62H61N7O11. The van der Waals surface area contributed by atoms with Gasteiger partial charge >= 0.3 is 11.9 Å². The monoisotopic (exact) mass is 1080 g/mol. The maximum Gasteiger partial charge on any atom is 0.335 e. The van der Waals surface area contributed by atoms with Gasteiger partial charge in [-0.1, -0.05) is 99.7 Å². The number of fused-ring (bicyclic) bond motifs is 4. The highest BCUT2D eigenvalue weighted by atomic mass is 16.5. The predicted molar refractivity (Wildman–Crippen MR) is 306 cm³/mol. The Bertz CT molecular complexity index is 3800. The molecule has 5 N–H and O–H groups in total. The lowest BCUT2D eigenvalue weighted by atomic mass is 9.86. The summed E-state index contributed by atoms with van der Waals surface area (Å²) in [4.78, 5) is 92.1. The Morgan fingerprint density at radius 2 is 1.02 bits per heavy atom. The zero-order valence-electron chi connectivity index (χ0n) is 42.7. The number of aromatic carboxylic acids is 1. The number of hydrogen-bond donors (Lipinski definition) is 5. The zero-order chi connectivity index (χ0) is 54.4. The Balaban J connectivity index is 0.000000190. The van der Waals surface area contributed by atoms with Gasteiger partial charge in [-0.15, -0.1) is 0 Å². The lowest BCUT2D eigenvalue weighted by Crippen LogP contribution is -2.38. The quantitative estimate of drug-likeness (QED) is 0.0678. The molecule has 2 aliphatic carbocycles. The number of piperidine rings is 2. The summed E-state index contributed by atoms with van der Waals surface area (Å²) in [7, 11) is 0. The van der Waals surface area contributed by atoms with E-state index < -0.39 is 24.4 Å². The largest absolute Gasteiger partial charge is 0.480 e. The fourth-order valence-electron chi connectivity index (χ4n) is 11.3. The van der Waals surface area contributed by atoms with Crippen molar-refractivity contribution < 1.29 is 52.8 Å². The number of nitrogens with zero attached hydrogens (tertiary/aromatic N) is 4. The maximum absolute atomic E-state index is 13.9. The first-order valence-electron chi connectivity index (χ1n) is 26.0. The van der Waals surface area contributed by atoms with E-state index in [1.54, 1.807) is 54.6 Å². The summed E-state index contributed by atoms with van der Waals surface area (Å²) in [6.45, 7) is 5.87. The van der Waals surface area contributed by atoms with Crippen LogP contribution < -0.4 is 25.8 Å². The van der Waals surface area contributed by atoms with Gasteiger partial charge < -0.3 is 45.0 Å².